The first kappa shape index (κ1) is 22.5. The van der Waals surface area contributed by atoms with Gasteiger partial charge in [-0.25, -0.2) is 13.2 Å². The minimum Gasteiger partial charge on any atom is -0.497 e. The van der Waals surface area contributed by atoms with E-state index in [4.69, 9.17) is 19.9 Å². The van der Waals surface area contributed by atoms with E-state index < -0.39 is 16.0 Å². The molecule has 0 aliphatic rings. The summed E-state index contributed by atoms with van der Waals surface area (Å²) in [6.07, 6.45) is 1.38. The quantitative estimate of drug-likeness (QED) is 0.516. The molecule has 3 N–H and O–H groups in total. The Morgan fingerprint density at radius 2 is 1.78 bits per heavy atom. The minimum absolute atomic E-state index is 0.0252. The van der Waals surface area contributed by atoms with Crippen molar-refractivity contribution in [2.24, 2.45) is 0 Å². The first-order valence-corrected chi connectivity index (χ1v) is 10.6. The van der Waals surface area contributed by atoms with Crippen molar-refractivity contribution in [3.8, 4) is 23.3 Å². The number of aromatic nitrogens is 1. The standard InChI is InChI=1S/C21H20N4O6S/c1-29-15-6-9-18(30-2)17(10-15)24-32(27,28)16-7-4-14(5-8-16)25-12-13(11-22)19(23)20(25)21(26)31-3/h4-10,12,24H,23H2,1-3H3. The summed E-state index contributed by atoms with van der Waals surface area (Å²) in [6, 6.07) is 12.3. The maximum absolute atomic E-state index is 12.9. The topological polar surface area (TPSA) is 146 Å². The van der Waals surface area contributed by atoms with Crippen LogP contribution in [0.5, 0.6) is 11.5 Å². The van der Waals surface area contributed by atoms with E-state index in [-0.39, 0.29) is 27.5 Å². The molecule has 0 unspecified atom stereocenters. The third-order valence-corrected chi connectivity index (χ3v) is 6.00. The molecule has 0 atom stereocenters. The summed E-state index contributed by atoms with van der Waals surface area (Å²) >= 11 is 0. The normalized spacial score (nSPS) is 10.8. The molecule has 166 valence electrons. The van der Waals surface area contributed by atoms with Gasteiger partial charge in [-0.05, 0) is 36.4 Å². The number of esters is 1. The van der Waals surface area contributed by atoms with Gasteiger partial charge in [0.25, 0.3) is 10.0 Å². The van der Waals surface area contributed by atoms with Gasteiger partial charge in [-0.15, -0.1) is 0 Å². The highest BCUT2D eigenvalue weighted by atomic mass is 32.2. The van der Waals surface area contributed by atoms with Crippen molar-refractivity contribution in [2.75, 3.05) is 31.8 Å². The van der Waals surface area contributed by atoms with E-state index in [9.17, 15) is 18.5 Å². The van der Waals surface area contributed by atoms with Crippen LogP contribution in [0, 0.1) is 11.3 Å². The number of nitrogen functional groups attached to an aromatic ring is 1. The Balaban J connectivity index is 1.98. The average Bonchev–Trinajstić information content (AvgIpc) is 3.14. The van der Waals surface area contributed by atoms with Crippen molar-refractivity contribution in [3.05, 3.63) is 59.9 Å². The van der Waals surface area contributed by atoms with Crippen LogP contribution in [0.2, 0.25) is 0 Å². The number of rotatable bonds is 7. The van der Waals surface area contributed by atoms with E-state index >= 15 is 0 Å². The number of nitriles is 1. The Morgan fingerprint density at radius 3 is 2.34 bits per heavy atom. The summed E-state index contributed by atoms with van der Waals surface area (Å²) in [5, 5.41) is 9.23. The monoisotopic (exact) mass is 456 g/mol. The van der Waals surface area contributed by atoms with Gasteiger partial charge in [-0.1, -0.05) is 0 Å². The van der Waals surface area contributed by atoms with Crippen molar-refractivity contribution in [2.45, 2.75) is 4.90 Å². The fourth-order valence-corrected chi connectivity index (χ4v) is 4.06. The van der Waals surface area contributed by atoms with Gasteiger partial charge in [0.1, 0.15) is 17.6 Å². The molecule has 3 rings (SSSR count). The zero-order valence-corrected chi connectivity index (χ0v) is 18.3. The number of nitrogens with two attached hydrogens (primary N) is 1. The molecule has 0 aliphatic heterocycles. The average molecular weight is 456 g/mol. The van der Waals surface area contributed by atoms with Gasteiger partial charge >= 0.3 is 5.97 Å². The van der Waals surface area contributed by atoms with Crippen LogP contribution in [-0.4, -0.2) is 40.3 Å². The summed E-state index contributed by atoms with van der Waals surface area (Å²) in [4.78, 5) is 12.1. The lowest BCUT2D eigenvalue weighted by Crippen LogP contribution is -2.14. The van der Waals surface area contributed by atoms with E-state index in [0.717, 1.165) is 0 Å². The number of nitrogens with one attached hydrogen (secondary N) is 1. The Hall–Kier alpha value is -4.17. The van der Waals surface area contributed by atoms with Gasteiger partial charge in [0.2, 0.25) is 0 Å². The molecule has 0 amide bonds. The maximum atomic E-state index is 12.9. The zero-order chi connectivity index (χ0) is 23.5. The number of methoxy groups -OCH3 is 3. The highest BCUT2D eigenvalue weighted by molar-refractivity contribution is 7.92. The van der Waals surface area contributed by atoms with E-state index in [0.29, 0.717) is 17.2 Å². The second kappa shape index (κ2) is 8.91. The molecule has 0 spiro atoms. The second-order valence-corrected chi connectivity index (χ2v) is 8.13. The molecular weight excluding hydrogens is 436 g/mol. The van der Waals surface area contributed by atoms with Crippen LogP contribution in [-0.2, 0) is 14.8 Å². The Labute approximate surface area is 184 Å². The van der Waals surface area contributed by atoms with Gasteiger partial charge in [-0.2, -0.15) is 5.26 Å². The fraction of sp³-hybridized carbons (Fsp3) is 0.143. The van der Waals surface area contributed by atoms with E-state index in [1.54, 1.807) is 12.1 Å². The number of benzene rings is 2. The van der Waals surface area contributed by atoms with E-state index in [1.807, 2.05) is 6.07 Å². The van der Waals surface area contributed by atoms with Gasteiger partial charge in [0, 0.05) is 18.0 Å². The molecule has 0 radical (unpaired) electrons. The van der Waals surface area contributed by atoms with Crippen molar-refractivity contribution in [3.63, 3.8) is 0 Å². The van der Waals surface area contributed by atoms with Crippen molar-refractivity contribution < 1.29 is 27.4 Å². The predicted molar refractivity (Wildman–Crippen MR) is 117 cm³/mol. The molecule has 0 fully saturated rings. The molecule has 1 heterocycles. The molecule has 1 aromatic heterocycles. The van der Waals surface area contributed by atoms with Crippen LogP contribution in [0.15, 0.2) is 53.6 Å². The first-order chi connectivity index (χ1) is 15.2. The van der Waals surface area contributed by atoms with E-state index in [2.05, 4.69) is 4.72 Å². The number of ether oxygens (including phenoxy) is 3. The Kier molecular flexibility index (Phi) is 6.27. The predicted octanol–water partition coefficient (Wildman–Crippen LogP) is 2.54. The lowest BCUT2D eigenvalue weighted by atomic mass is 10.2. The number of hydrogen-bond acceptors (Lipinski definition) is 8. The molecule has 11 heteroatoms. The summed E-state index contributed by atoms with van der Waals surface area (Å²) in [6.45, 7) is 0. The maximum Gasteiger partial charge on any atom is 0.357 e. The highest BCUT2D eigenvalue weighted by Gasteiger charge is 2.22. The summed E-state index contributed by atoms with van der Waals surface area (Å²) < 4.78 is 44.7. The number of carbonyl (C=O) groups is 1. The summed E-state index contributed by atoms with van der Waals surface area (Å²) in [5.41, 5.74) is 6.55. The van der Waals surface area contributed by atoms with Crippen molar-refractivity contribution >= 4 is 27.4 Å². The third-order valence-electron chi connectivity index (χ3n) is 4.62. The van der Waals surface area contributed by atoms with Gasteiger partial charge in [-0.3, -0.25) is 4.72 Å². The third kappa shape index (κ3) is 4.17. The van der Waals surface area contributed by atoms with Gasteiger partial charge < -0.3 is 24.5 Å². The molecule has 2 aromatic carbocycles. The van der Waals surface area contributed by atoms with Crippen LogP contribution < -0.4 is 19.9 Å². The number of nitrogens with zero attached hydrogens (tertiary/aromatic N) is 2. The first-order valence-electron chi connectivity index (χ1n) is 9.10. The Morgan fingerprint density at radius 1 is 1.09 bits per heavy atom. The number of hydrogen-bond donors (Lipinski definition) is 2. The van der Waals surface area contributed by atoms with Gasteiger partial charge in [0.05, 0.1) is 43.2 Å². The largest absolute Gasteiger partial charge is 0.497 e. The summed E-state index contributed by atoms with van der Waals surface area (Å²) in [7, 11) is 0.109. The number of anilines is 2. The molecule has 0 saturated heterocycles. The Bertz CT molecular complexity index is 1310. The SMILES string of the molecule is COC(=O)c1c(N)c(C#N)cn1-c1ccc(S(=O)(=O)Nc2cc(OC)ccc2OC)cc1. The molecule has 3 aromatic rings. The molecule has 32 heavy (non-hydrogen) atoms. The second-order valence-electron chi connectivity index (χ2n) is 6.44. The van der Waals surface area contributed by atoms with Crippen LogP contribution in [0.4, 0.5) is 11.4 Å². The van der Waals surface area contributed by atoms with Crippen LogP contribution in [0.25, 0.3) is 5.69 Å². The van der Waals surface area contributed by atoms with E-state index in [1.165, 1.54) is 62.4 Å². The number of sulfonamides is 1. The minimum atomic E-state index is -3.97. The summed E-state index contributed by atoms with van der Waals surface area (Å²) in [5.74, 6) is 0.0423. The molecular formula is C21H20N4O6S. The smallest absolute Gasteiger partial charge is 0.357 e. The molecule has 10 nitrogen and oxygen atoms in total. The molecule has 0 saturated carbocycles. The van der Waals surface area contributed by atoms with Crippen LogP contribution in [0.1, 0.15) is 16.1 Å². The fourth-order valence-electron chi connectivity index (χ4n) is 3.00. The zero-order valence-electron chi connectivity index (χ0n) is 17.4. The van der Waals surface area contributed by atoms with Crippen molar-refractivity contribution in [1.82, 2.24) is 4.57 Å². The molecule has 0 aliphatic carbocycles. The van der Waals surface area contributed by atoms with Crippen LogP contribution >= 0.6 is 0 Å². The lowest BCUT2D eigenvalue weighted by Gasteiger charge is -2.14. The highest BCUT2D eigenvalue weighted by Crippen LogP contribution is 2.31. The number of carbonyl (C=O) groups excluding carboxylic acids is 1. The lowest BCUT2D eigenvalue weighted by molar-refractivity contribution is 0.0593. The molecule has 0 bridgehead atoms. The van der Waals surface area contributed by atoms with Crippen molar-refractivity contribution in [1.29, 1.82) is 5.26 Å². The van der Waals surface area contributed by atoms with Gasteiger partial charge in [0.15, 0.2) is 5.69 Å². The van der Waals surface area contributed by atoms with Crippen LogP contribution in [0.3, 0.4) is 0 Å².